The van der Waals surface area contributed by atoms with Crippen molar-refractivity contribution >= 4 is 66.6 Å². The number of imidazole rings is 1. The number of hydrogen-bond donors (Lipinski definition) is 0. The second-order valence-electron chi connectivity index (χ2n) is 7.07. The van der Waals surface area contributed by atoms with E-state index in [2.05, 4.69) is 39.7 Å². The van der Waals surface area contributed by atoms with Crippen molar-refractivity contribution in [3.05, 3.63) is 58.5 Å². The van der Waals surface area contributed by atoms with Gasteiger partial charge in [0.25, 0.3) is 5.91 Å². The Labute approximate surface area is 200 Å². The van der Waals surface area contributed by atoms with Crippen LogP contribution < -0.4 is 4.90 Å². The topological polar surface area (TPSA) is 53.7 Å². The molecule has 1 amide bonds. The van der Waals surface area contributed by atoms with E-state index in [9.17, 15) is 4.79 Å². The number of benzene rings is 1. The first kappa shape index (κ1) is 23.7. The molecule has 4 rings (SSSR count). The van der Waals surface area contributed by atoms with E-state index in [1.165, 1.54) is 11.3 Å². The van der Waals surface area contributed by atoms with Crippen LogP contribution in [0.15, 0.2) is 47.1 Å². The van der Waals surface area contributed by atoms with Gasteiger partial charge in [-0.3, -0.25) is 14.1 Å². The van der Waals surface area contributed by atoms with Crippen molar-refractivity contribution in [1.82, 2.24) is 19.3 Å². The van der Waals surface area contributed by atoms with Crippen LogP contribution in [0.25, 0.3) is 15.9 Å². The van der Waals surface area contributed by atoms with Gasteiger partial charge in [0.05, 0.1) is 15.9 Å². The molecule has 0 bridgehead atoms. The lowest BCUT2D eigenvalue weighted by Gasteiger charge is -2.24. The maximum atomic E-state index is 13.8. The summed E-state index contributed by atoms with van der Waals surface area (Å²) in [4.78, 5) is 27.2. The van der Waals surface area contributed by atoms with Gasteiger partial charge >= 0.3 is 0 Å². The first-order valence-electron chi connectivity index (χ1n) is 10.1. The van der Waals surface area contributed by atoms with Crippen molar-refractivity contribution in [3.63, 3.8) is 0 Å². The molecule has 0 N–H and O–H groups in total. The second kappa shape index (κ2) is 10.1. The Morgan fingerprint density at radius 2 is 1.90 bits per heavy atom. The first-order valence-corrected chi connectivity index (χ1v) is 11.7. The number of pyridine rings is 1. The zero-order valence-corrected chi connectivity index (χ0v) is 20.9. The fourth-order valence-corrected chi connectivity index (χ4v) is 5.11. The number of amides is 1. The van der Waals surface area contributed by atoms with Gasteiger partial charge in [0.1, 0.15) is 11.3 Å². The van der Waals surface area contributed by atoms with Crippen LogP contribution in [0.2, 0.25) is 0 Å². The summed E-state index contributed by atoms with van der Waals surface area (Å²) in [5.41, 5.74) is 2.98. The summed E-state index contributed by atoms with van der Waals surface area (Å²) >= 11 is 5.06. The molecule has 31 heavy (non-hydrogen) atoms. The van der Waals surface area contributed by atoms with E-state index in [1.807, 2.05) is 53.9 Å². The van der Waals surface area contributed by atoms with Gasteiger partial charge in [-0.2, -0.15) is 0 Å². The number of aromatic nitrogens is 3. The van der Waals surface area contributed by atoms with E-state index < -0.39 is 0 Å². The number of fused-ring (bicyclic) bond motifs is 2. The molecule has 6 nitrogen and oxygen atoms in total. The van der Waals surface area contributed by atoms with Crippen molar-refractivity contribution in [3.8, 4) is 0 Å². The third-order valence-electron chi connectivity index (χ3n) is 5.26. The average Bonchev–Trinajstić information content (AvgIpc) is 3.30. The van der Waals surface area contributed by atoms with Gasteiger partial charge in [0.15, 0.2) is 5.13 Å². The number of carbonyl (C=O) groups is 1. The van der Waals surface area contributed by atoms with Gasteiger partial charge in [-0.25, -0.2) is 9.97 Å². The fourth-order valence-electron chi connectivity index (χ4n) is 3.57. The molecule has 0 aliphatic heterocycles. The normalized spacial score (nSPS) is 11.3. The van der Waals surface area contributed by atoms with Gasteiger partial charge in [0.2, 0.25) is 0 Å². The van der Waals surface area contributed by atoms with Crippen LogP contribution >= 0.6 is 39.7 Å². The molecule has 0 atom stereocenters. The third kappa shape index (κ3) is 4.77. The van der Waals surface area contributed by atoms with E-state index in [0.717, 1.165) is 45.7 Å². The number of aryl methyl sites for hydroxylation is 1. The predicted molar refractivity (Wildman–Crippen MR) is 134 cm³/mol. The highest BCUT2D eigenvalue weighted by atomic mass is 79.9. The van der Waals surface area contributed by atoms with Crippen LogP contribution in [0.3, 0.4) is 0 Å². The molecule has 1 aromatic carbocycles. The van der Waals surface area contributed by atoms with E-state index in [0.29, 0.717) is 17.4 Å². The van der Waals surface area contributed by atoms with Crippen molar-refractivity contribution in [2.45, 2.75) is 20.8 Å². The summed E-state index contributed by atoms with van der Waals surface area (Å²) < 4.78 is 3.92. The highest BCUT2D eigenvalue weighted by Crippen LogP contribution is 2.32. The van der Waals surface area contributed by atoms with Crippen molar-refractivity contribution < 1.29 is 4.79 Å². The van der Waals surface area contributed by atoms with Crippen LogP contribution in [0.1, 0.15) is 30.0 Å². The van der Waals surface area contributed by atoms with Crippen LogP contribution in [0.4, 0.5) is 5.13 Å². The van der Waals surface area contributed by atoms with Crippen molar-refractivity contribution in [1.29, 1.82) is 0 Å². The number of halogens is 2. The van der Waals surface area contributed by atoms with Crippen LogP contribution in [-0.4, -0.2) is 51.4 Å². The molecule has 3 aromatic heterocycles. The Kier molecular flexibility index (Phi) is 7.69. The lowest BCUT2D eigenvalue weighted by molar-refractivity contribution is 0.0977. The Morgan fingerprint density at radius 3 is 2.65 bits per heavy atom. The lowest BCUT2D eigenvalue weighted by Crippen LogP contribution is -2.39. The maximum Gasteiger partial charge on any atom is 0.279 e. The monoisotopic (exact) mass is 521 g/mol. The molecule has 0 radical (unpaired) electrons. The van der Waals surface area contributed by atoms with E-state index in [4.69, 9.17) is 4.98 Å². The molecule has 4 aromatic rings. The maximum absolute atomic E-state index is 13.8. The van der Waals surface area contributed by atoms with Gasteiger partial charge in [-0.15, -0.1) is 12.4 Å². The highest BCUT2D eigenvalue weighted by Gasteiger charge is 2.26. The summed E-state index contributed by atoms with van der Waals surface area (Å²) in [6, 6.07) is 11.8. The molecule has 0 unspecified atom stereocenters. The Morgan fingerprint density at radius 1 is 1.13 bits per heavy atom. The number of thiazole rings is 1. The van der Waals surface area contributed by atoms with Crippen LogP contribution in [0, 0.1) is 6.92 Å². The van der Waals surface area contributed by atoms with Gasteiger partial charge in [0, 0.05) is 23.8 Å². The summed E-state index contributed by atoms with van der Waals surface area (Å²) in [5.74, 6) is -0.0727. The lowest BCUT2D eigenvalue weighted by atomic mass is 10.3. The van der Waals surface area contributed by atoms with E-state index in [1.54, 1.807) is 4.90 Å². The molecular weight excluding hydrogens is 498 g/mol. The zero-order chi connectivity index (χ0) is 21.3. The minimum Gasteiger partial charge on any atom is -0.302 e. The molecule has 164 valence electrons. The molecular formula is C22H25BrClN5OS. The number of likely N-dealkylation sites (N-methyl/N-ethyl adjacent to an activating group) is 1. The van der Waals surface area contributed by atoms with Crippen LogP contribution in [-0.2, 0) is 0 Å². The van der Waals surface area contributed by atoms with Gasteiger partial charge in [-0.1, -0.05) is 47.2 Å². The minimum atomic E-state index is -0.0727. The molecule has 0 aliphatic rings. The number of rotatable bonds is 7. The summed E-state index contributed by atoms with van der Waals surface area (Å²) in [6.45, 7) is 9.41. The molecule has 3 heterocycles. The zero-order valence-electron chi connectivity index (χ0n) is 17.7. The molecule has 0 saturated carbocycles. The number of carbonyl (C=O) groups excluding carboxylic acids is 1. The minimum absolute atomic E-state index is 0. The Balaban J connectivity index is 0.00000272. The van der Waals surface area contributed by atoms with E-state index >= 15 is 0 Å². The molecule has 0 fully saturated rings. The predicted octanol–water partition coefficient (Wildman–Crippen LogP) is 5.43. The largest absolute Gasteiger partial charge is 0.302 e. The van der Waals surface area contributed by atoms with Crippen LogP contribution in [0.5, 0.6) is 0 Å². The van der Waals surface area contributed by atoms with Gasteiger partial charge < -0.3 is 4.90 Å². The summed E-state index contributed by atoms with van der Waals surface area (Å²) in [7, 11) is 0. The fraction of sp³-hybridized carbons (Fsp3) is 0.318. The molecule has 0 saturated heterocycles. The summed E-state index contributed by atoms with van der Waals surface area (Å²) in [5, 5.41) is 0.713. The third-order valence-corrected chi connectivity index (χ3v) is 6.79. The molecule has 9 heteroatoms. The van der Waals surface area contributed by atoms with Crippen molar-refractivity contribution in [2.75, 3.05) is 31.1 Å². The number of hydrogen-bond acceptors (Lipinski definition) is 5. The van der Waals surface area contributed by atoms with Gasteiger partial charge in [-0.05, 0) is 50.3 Å². The molecule has 0 spiro atoms. The SMILES string of the molecule is CCN(CC)CCN(C(=O)c1c(C)nc2ccccn12)c1nc2ccc(Br)cc2s1.Cl. The average molecular weight is 523 g/mol. The second-order valence-corrected chi connectivity index (χ2v) is 8.99. The summed E-state index contributed by atoms with van der Waals surface area (Å²) in [6.07, 6.45) is 1.89. The standard InChI is InChI=1S/C22H24BrN5OS.ClH/c1-4-26(5-2)12-13-28(22-25-17-10-9-16(23)14-18(17)30-22)21(29)20-15(3)24-19-8-6-7-11-27(19)20;/h6-11,14H,4-5,12-13H2,1-3H3;1H. The Hall–Kier alpha value is -2.00. The quantitative estimate of drug-likeness (QED) is 0.325. The smallest absolute Gasteiger partial charge is 0.279 e. The molecule has 0 aliphatic carbocycles. The first-order chi connectivity index (χ1) is 14.5. The highest BCUT2D eigenvalue weighted by molar-refractivity contribution is 9.10. The Bertz CT molecular complexity index is 1200. The number of nitrogens with zero attached hydrogens (tertiary/aromatic N) is 5. The van der Waals surface area contributed by atoms with Crippen molar-refractivity contribution in [2.24, 2.45) is 0 Å². The van der Waals surface area contributed by atoms with E-state index in [-0.39, 0.29) is 18.3 Å². The number of anilines is 1.